The molecule has 7 heteroatoms. The molecule has 0 saturated carbocycles. The minimum absolute atomic E-state index is 0.166. The Morgan fingerprint density at radius 1 is 1.30 bits per heavy atom. The predicted octanol–water partition coefficient (Wildman–Crippen LogP) is 4.05. The highest BCUT2D eigenvalue weighted by molar-refractivity contribution is 7.13. The molecule has 2 saturated heterocycles. The van der Waals surface area contributed by atoms with E-state index in [0.29, 0.717) is 18.5 Å². The lowest BCUT2D eigenvalue weighted by Gasteiger charge is -2.32. The van der Waals surface area contributed by atoms with Gasteiger partial charge in [0.15, 0.2) is 0 Å². The molecule has 4 nitrogen and oxygen atoms in total. The highest BCUT2D eigenvalue weighted by atomic mass is 32.1. The monoisotopic (exact) mass is 389 g/mol. The molecule has 0 atom stereocenters. The van der Waals surface area contributed by atoms with Gasteiger partial charge in [-0.1, -0.05) is 11.8 Å². The first-order valence-corrected chi connectivity index (χ1v) is 10.0. The average molecular weight is 389 g/mol. The number of halogens is 1. The van der Waals surface area contributed by atoms with Gasteiger partial charge in [-0.2, -0.15) is 0 Å². The quantitative estimate of drug-likeness (QED) is 0.578. The fourth-order valence-electron chi connectivity index (χ4n) is 2.94. The molecule has 1 amide bonds. The number of rotatable bonds is 3. The first-order chi connectivity index (χ1) is 12.6. The first kappa shape index (κ1) is 20.1. The standard InChI is InChI=1S/C20H25BFNO3S/c1-14(18(22)21-25-19(2,3)20(4,5)26-21)16-11-10-15(27-16)8-6-12-23-13-7-9-17(23)24/h10-11H,7,9,12-13H2,1-5H3. The third-order valence-corrected chi connectivity index (χ3v) is 6.57. The van der Waals surface area contributed by atoms with Crippen molar-refractivity contribution in [3.63, 3.8) is 0 Å². The van der Waals surface area contributed by atoms with E-state index in [4.69, 9.17) is 9.31 Å². The maximum atomic E-state index is 14.9. The molecule has 2 aliphatic rings. The summed E-state index contributed by atoms with van der Waals surface area (Å²) in [7, 11) is -0.993. The zero-order valence-electron chi connectivity index (χ0n) is 16.5. The van der Waals surface area contributed by atoms with Crippen LogP contribution in [-0.4, -0.2) is 42.2 Å². The summed E-state index contributed by atoms with van der Waals surface area (Å²) in [4.78, 5) is 15.0. The highest BCUT2D eigenvalue weighted by Gasteiger charge is 2.53. The fourth-order valence-corrected chi connectivity index (χ4v) is 3.82. The Labute approximate surface area is 164 Å². The van der Waals surface area contributed by atoms with Crippen LogP contribution in [0.25, 0.3) is 5.57 Å². The maximum Gasteiger partial charge on any atom is 0.525 e. The van der Waals surface area contributed by atoms with Crippen molar-refractivity contribution in [3.8, 4) is 11.8 Å². The number of allylic oxidation sites excluding steroid dienone is 1. The number of thiophene rings is 1. The van der Waals surface area contributed by atoms with Gasteiger partial charge in [-0.15, -0.1) is 11.3 Å². The largest absolute Gasteiger partial charge is 0.525 e. The van der Waals surface area contributed by atoms with Gasteiger partial charge in [-0.3, -0.25) is 4.79 Å². The van der Waals surface area contributed by atoms with Gasteiger partial charge < -0.3 is 14.2 Å². The van der Waals surface area contributed by atoms with E-state index in [9.17, 15) is 9.18 Å². The van der Waals surface area contributed by atoms with Crippen LogP contribution in [0.2, 0.25) is 0 Å². The lowest BCUT2D eigenvalue weighted by atomic mass is 9.84. The smallest absolute Gasteiger partial charge is 0.398 e. The van der Waals surface area contributed by atoms with Gasteiger partial charge in [0, 0.05) is 17.8 Å². The zero-order valence-corrected chi connectivity index (χ0v) is 17.3. The molecule has 0 aromatic carbocycles. The Hall–Kier alpha value is -1.62. The number of nitrogens with zero attached hydrogens (tertiary/aromatic N) is 1. The highest BCUT2D eigenvalue weighted by Crippen LogP contribution is 2.40. The summed E-state index contributed by atoms with van der Waals surface area (Å²) in [6.07, 6.45) is 1.53. The van der Waals surface area contributed by atoms with Crippen LogP contribution in [0.15, 0.2) is 17.9 Å². The Morgan fingerprint density at radius 2 is 1.96 bits per heavy atom. The van der Waals surface area contributed by atoms with Gasteiger partial charge in [-0.05, 0) is 58.7 Å². The van der Waals surface area contributed by atoms with Crippen molar-refractivity contribution in [2.75, 3.05) is 13.1 Å². The van der Waals surface area contributed by atoms with Gasteiger partial charge in [0.25, 0.3) is 0 Å². The minimum atomic E-state index is -0.993. The normalized spacial score (nSPS) is 21.9. The summed E-state index contributed by atoms with van der Waals surface area (Å²) in [6, 6.07) is 3.73. The molecule has 0 N–H and O–H groups in total. The van der Waals surface area contributed by atoms with Crippen LogP contribution in [0.5, 0.6) is 0 Å². The van der Waals surface area contributed by atoms with Crippen molar-refractivity contribution in [1.29, 1.82) is 0 Å². The van der Waals surface area contributed by atoms with E-state index in [2.05, 4.69) is 11.8 Å². The van der Waals surface area contributed by atoms with Crippen molar-refractivity contribution in [3.05, 3.63) is 27.6 Å². The van der Waals surface area contributed by atoms with Crippen LogP contribution in [0.4, 0.5) is 4.39 Å². The maximum absolute atomic E-state index is 14.9. The molecule has 2 aliphatic heterocycles. The first-order valence-electron chi connectivity index (χ1n) is 9.19. The van der Waals surface area contributed by atoms with E-state index in [0.717, 1.165) is 22.7 Å². The van der Waals surface area contributed by atoms with Crippen LogP contribution in [-0.2, 0) is 14.1 Å². The molecule has 144 valence electrons. The molecule has 3 rings (SSSR count). The van der Waals surface area contributed by atoms with Gasteiger partial charge in [-0.25, -0.2) is 4.39 Å². The van der Waals surface area contributed by atoms with Crippen molar-refractivity contribution in [2.45, 2.75) is 58.7 Å². The molecule has 0 spiro atoms. The summed E-state index contributed by atoms with van der Waals surface area (Å²) in [5, 5.41) is 0. The van der Waals surface area contributed by atoms with E-state index in [1.165, 1.54) is 11.3 Å². The summed E-state index contributed by atoms with van der Waals surface area (Å²) in [5.41, 5.74) is -1.05. The van der Waals surface area contributed by atoms with Crippen molar-refractivity contribution >= 4 is 29.9 Å². The molecule has 0 bridgehead atoms. The second-order valence-corrected chi connectivity index (χ2v) is 9.03. The summed E-state index contributed by atoms with van der Waals surface area (Å²) in [6.45, 7) is 10.6. The molecule has 0 aliphatic carbocycles. The van der Waals surface area contributed by atoms with Gasteiger partial charge in [0.05, 0.1) is 22.6 Å². The van der Waals surface area contributed by atoms with Crippen LogP contribution in [0.1, 0.15) is 57.2 Å². The second kappa shape index (κ2) is 7.42. The number of hydrogen-bond donors (Lipinski definition) is 0. The molecule has 0 unspecified atom stereocenters. The lowest BCUT2D eigenvalue weighted by molar-refractivity contribution is -0.127. The number of likely N-dealkylation sites (tertiary alicyclic amines) is 1. The van der Waals surface area contributed by atoms with Gasteiger partial charge >= 0.3 is 7.12 Å². The molecule has 0 radical (unpaired) electrons. The fraction of sp³-hybridized carbons (Fsp3) is 0.550. The van der Waals surface area contributed by atoms with Crippen LogP contribution < -0.4 is 0 Å². The van der Waals surface area contributed by atoms with Crippen LogP contribution in [0, 0.1) is 11.8 Å². The second-order valence-electron chi connectivity index (χ2n) is 7.95. The van der Waals surface area contributed by atoms with Crippen LogP contribution >= 0.6 is 11.3 Å². The Bertz CT molecular complexity index is 818. The lowest BCUT2D eigenvalue weighted by Crippen LogP contribution is -2.41. The summed E-state index contributed by atoms with van der Waals surface area (Å²) < 4.78 is 26.5. The molecular formula is C20H25BFNO3S. The third-order valence-electron chi connectivity index (χ3n) is 5.45. The molecule has 27 heavy (non-hydrogen) atoms. The van der Waals surface area contributed by atoms with E-state index < -0.39 is 24.0 Å². The number of carbonyl (C=O) groups excluding carboxylic acids is 1. The van der Waals surface area contributed by atoms with E-state index in [1.54, 1.807) is 11.8 Å². The van der Waals surface area contributed by atoms with E-state index >= 15 is 0 Å². The topological polar surface area (TPSA) is 38.8 Å². The number of carbonyl (C=O) groups is 1. The van der Waals surface area contributed by atoms with Crippen molar-refractivity contribution in [1.82, 2.24) is 4.90 Å². The Morgan fingerprint density at radius 3 is 2.56 bits per heavy atom. The zero-order chi connectivity index (χ0) is 19.8. The summed E-state index contributed by atoms with van der Waals surface area (Å²) in [5.74, 6) is 6.27. The summed E-state index contributed by atoms with van der Waals surface area (Å²) >= 11 is 1.43. The van der Waals surface area contributed by atoms with Gasteiger partial charge in [0.1, 0.15) is 5.73 Å². The van der Waals surface area contributed by atoms with Crippen molar-refractivity contribution < 1.29 is 18.5 Å². The Balaban J connectivity index is 1.70. The average Bonchev–Trinajstić information content (AvgIpc) is 3.26. The van der Waals surface area contributed by atoms with E-state index in [1.807, 2.05) is 39.8 Å². The molecule has 2 fully saturated rings. The van der Waals surface area contributed by atoms with E-state index in [-0.39, 0.29) is 5.91 Å². The third kappa shape index (κ3) is 4.13. The number of hydrogen-bond acceptors (Lipinski definition) is 4. The minimum Gasteiger partial charge on any atom is -0.398 e. The molecule has 3 heterocycles. The molecular weight excluding hydrogens is 364 g/mol. The predicted molar refractivity (Wildman–Crippen MR) is 107 cm³/mol. The van der Waals surface area contributed by atoms with Crippen LogP contribution in [0.3, 0.4) is 0 Å². The molecule has 1 aromatic rings. The molecule has 1 aromatic heterocycles. The number of amides is 1. The van der Waals surface area contributed by atoms with Gasteiger partial charge in [0.2, 0.25) is 5.91 Å². The SMILES string of the molecule is CC(=C(F)B1OC(C)(C)C(C)(C)O1)c1ccc(C#CCN2CCCC2=O)s1. The Kier molecular flexibility index (Phi) is 5.53. The van der Waals surface area contributed by atoms with Crippen molar-refractivity contribution in [2.24, 2.45) is 0 Å².